The minimum absolute atomic E-state index is 0.0281. The zero-order valence-corrected chi connectivity index (χ0v) is 14.8. The summed E-state index contributed by atoms with van der Waals surface area (Å²) in [6.45, 7) is 1.93. The maximum atomic E-state index is 11.4. The molecule has 0 aromatic rings. The first kappa shape index (κ1) is 15.0. The van der Waals surface area contributed by atoms with E-state index in [-0.39, 0.29) is 17.7 Å². The van der Waals surface area contributed by atoms with Gasteiger partial charge in [0.2, 0.25) is 0 Å². The Labute approximate surface area is 116 Å². The number of rotatable bonds is 8. The molecule has 0 aromatic carbocycles. The number of carbonyl (C=O) groups excluding carboxylic acids is 3. The third kappa shape index (κ3) is 5.07. The summed E-state index contributed by atoms with van der Waals surface area (Å²) in [6.07, 6.45) is 4.29. The summed E-state index contributed by atoms with van der Waals surface area (Å²) >= 11 is 0.653. The van der Waals surface area contributed by atoms with Crippen LogP contribution in [0.5, 0.6) is 0 Å². The fraction of sp³-hybridized carbons (Fsp3) is 0.545. The number of hydrogen-bond acceptors (Lipinski definition) is 4. The second-order valence-corrected chi connectivity index (χ2v) is 5.56. The van der Waals surface area contributed by atoms with Crippen molar-refractivity contribution >= 4 is 36.6 Å². The van der Waals surface area contributed by atoms with Gasteiger partial charge < -0.3 is 0 Å². The van der Waals surface area contributed by atoms with Gasteiger partial charge in [-0.1, -0.05) is 0 Å². The summed E-state index contributed by atoms with van der Waals surface area (Å²) < 4.78 is 3.18. The van der Waals surface area contributed by atoms with Gasteiger partial charge in [-0.2, -0.15) is 0 Å². The molecule has 98 valence electrons. The first-order valence-electron chi connectivity index (χ1n) is 6.10. The monoisotopic (exact) mass is 309 g/mol. The van der Waals surface area contributed by atoms with E-state index >= 15 is 0 Å². The van der Waals surface area contributed by atoms with E-state index in [1.54, 1.807) is 0 Å². The van der Waals surface area contributed by atoms with Gasteiger partial charge in [-0.05, 0) is 0 Å². The second kappa shape index (κ2) is 8.12. The van der Waals surface area contributed by atoms with Crippen molar-refractivity contribution in [3.05, 3.63) is 12.2 Å². The van der Waals surface area contributed by atoms with Crippen molar-refractivity contribution in [3.63, 3.8) is 0 Å². The maximum absolute atomic E-state index is 11.4. The third-order valence-electron chi connectivity index (χ3n) is 2.61. The van der Waals surface area contributed by atoms with Crippen LogP contribution in [0.4, 0.5) is 0 Å². The quantitative estimate of drug-likeness (QED) is 0.319. The predicted molar refractivity (Wildman–Crippen MR) is 69.3 cm³/mol. The van der Waals surface area contributed by atoms with Gasteiger partial charge in [-0.25, -0.2) is 0 Å². The molecule has 6 nitrogen and oxygen atoms in total. The van der Waals surface area contributed by atoms with Crippen LogP contribution in [0.3, 0.4) is 0 Å². The molecule has 0 bridgehead atoms. The summed E-state index contributed by atoms with van der Waals surface area (Å²) in [5.41, 5.74) is 0. The Kier molecular flexibility index (Phi) is 6.77. The van der Waals surface area contributed by atoms with Crippen LogP contribution in [0, 0.1) is 0 Å². The Morgan fingerprint density at radius 3 is 2.44 bits per heavy atom. The van der Waals surface area contributed by atoms with Gasteiger partial charge in [0, 0.05) is 0 Å². The van der Waals surface area contributed by atoms with Crippen LogP contribution in [0.1, 0.15) is 19.3 Å². The van der Waals surface area contributed by atoms with Crippen molar-refractivity contribution in [2.45, 2.75) is 19.3 Å². The van der Waals surface area contributed by atoms with Crippen molar-refractivity contribution in [1.82, 2.24) is 14.2 Å². The average molecular weight is 310 g/mol. The van der Waals surface area contributed by atoms with Crippen molar-refractivity contribution in [2.75, 3.05) is 19.6 Å². The molecule has 7 heteroatoms. The first-order chi connectivity index (χ1) is 8.65. The second-order valence-electron chi connectivity index (χ2n) is 4.07. The number of amides is 3. The summed E-state index contributed by atoms with van der Waals surface area (Å²) in [6, 6.07) is 0. The van der Waals surface area contributed by atoms with Gasteiger partial charge in [-0.3, -0.25) is 0 Å². The molecule has 3 amide bonds. The van der Waals surface area contributed by atoms with Crippen LogP contribution in [0.2, 0.25) is 0 Å². The van der Waals surface area contributed by atoms with E-state index in [9.17, 15) is 14.4 Å². The molecule has 0 radical (unpaired) electrons. The molecule has 0 aromatic heterocycles. The number of nitrogens with one attached hydrogen (secondary N) is 2. The van der Waals surface area contributed by atoms with Crippen LogP contribution >= 0.6 is 0 Å². The summed E-state index contributed by atoms with van der Waals surface area (Å²) in [5.74, 6) is -0.611. The molecule has 1 rings (SSSR count). The van der Waals surface area contributed by atoms with Gasteiger partial charge in [-0.15, -0.1) is 0 Å². The predicted octanol–water partition coefficient (Wildman–Crippen LogP) is -1.66. The molecular weight excluding hydrogens is 292 g/mol. The fourth-order valence-electron chi connectivity index (χ4n) is 1.63. The molecule has 0 saturated heterocycles. The number of hydrogen-bond donors (Lipinski definition) is 2. The normalized spacial score (nSPS) is 14.3. The van der Waals surface area contributed by atoms with E-state index in [1.807, 2.05) is 0 Å². The molecule has 1 aliphatic rings. The van der Waals surface area contributed by atoms with Gasteiger partial charge in [0.05, 0.1) is 0 Å². The summed E-state index contributed by atoms with van der Waals surface area (Å²) in [4.78, 5) is 35.0. The molecular formula is C11H18GaN3O3. The molecule has 18 heavy (non-hydrogen) atoms. The van der Waals surface area contributed by atoms with E-state index in [0.717, 1.165) is 17.9 Å². The van der Waals surface area contributed by atoms with Crippen LogP contribution < -0.4 is 9.34 Å². The summed E-state index contributed by atoms with van der Waals surface area (Å²) in [7, 11) is 0. The number of imide groups is 1. The van der Waals surface area contributed by atoms with E-state index < -0.39 is 0 Å². The standard InChI is InChI=1S/C11H16N3O3.Ga.2H/c12-6-2-7-13-9(15)3-1-8-14-10(16)4-5-11(14)17;;;/h4-5,12H,1-3,6-8H2,(H,13,15);;;/q-1;+1;;. The Morgan fingerprint density at radius 2 is 1.83 bits per heavy atom. The Bertz CT molecular complexity index is 339. The van der Waals surface area contributed by atoms with Crippen LogP contribution in [0.15, 0.2) is 12.2 Å². The molecule has 1 heterocycles. The van der Waals surface area contributed by atoms with Crippen molar-refractivity contribution in [1.29, 1.82) is 0 Å². The molecule has 0 unspecified atom stereocenters. The van der Waals surface area contributed by atoms with E-state index in [2.05, 4.69) is 9.34 Å². The van der Waals surface area contributed by atoms with Crippen LogP contribution in [0.25, 0.3) is 0 Å². The molecule has 1 aliphatic heterocycles. The third-order valence-corrected chi connectivity index (χ3v) is 3.66. The molecule has 0 saturated carbocycles. The van der Waals surface area contributed by atoms with E-state index in [4.69, 9.17) is 0 Å². The van der Waals surface area contributed by atoms with E-state index in [0.29, 0.717) is 44.8 Å². The van der Waals surface area contributed by atoms with Crippen molar-refractivity contribution in [2.24, 2.45) is 0 Å². The number of carbonyl (C=O) groups is 3. The average Bonchev–Trinajstić information content (AvgIpc) is 2.66. The first-order valence-corrected chi connectivity index (χ1v) is 8.20. The fourth-order valence-corrected chi connectivity index (χ4v) is 2.37. The molecule has 0 fully saturated rings. The Morgan fingerprint density at radius 1 is 1.17 bits per heavy atom. The van der Waals surface area contributed by atoms with Gasteiger partial charge in [0.1, 0.15) is 0 Å². The van der Waals surface area contributed by atoms with Crippen molar-refractivity contribution in [3.8, 4) is 0 Å². The molecule has 2 N–H and O–H groups in total. The summed E-state index contributed by atoms with van der Waals surface area (Å²) in [5, 5.41) is 2.80. The Balaban J connectivity index is 2.09. The van der Waals surface area contributed by atoms with Crippen LogP contribution in [-0.2, 0) is 14.4 Å². The number of nitrogens with zero attached hydrogens (tertiary/aromatic N) is 1. The van der Waals surface area contributed by atoms with Gasteiger partial charge in [0.15, 0.2) is 0 Å². The zero-order valence-electron chi connectivity index (χ0n) is 10.6. The van der Waals surface area contributed by atoms with Crippen LogP contribution in [-0.4, -0.2) is 61.1 Å². The van der Waals surface area contributed by atoms with Gasteiger partial charge >= 0.3 is 116 Å². The molecule has 0 atom stereocenters. The SMILES string of the molecule is O=C(CCCN1C(=O)C=CC1=O)NCCC[NH][GaH2]. The minimum atomic E-state index is -0.292. The topological polar surface area (TPSA) is 78.5 Å². The zero-order chi connectivity index (χ0) is 13.4. The van der Waals surface area contributed by atoms with Gasteiger partial charge in [0.25, 0.3) is 0 Å². The van der Waals surface area contributed by atoms with E-state index in [1.165, 1.54) is 12.2 Å². The molecule has 0 spiro atoms. The molecule has 0 aliphatic carbocycles. The Hall–Kier alpha value is -1.05. The van der Waals surface area contributed by atoms with Crippen molar-refractivity contribution < 1.29 is 14.4 Å².